The van der Waals surface area contributed by atoms with Crippen LogP contribution in [0.5, 0.6) is 0 Å². The van der Waals surface area contributed by atoms with Gasteiger partial charge in [-0.1, -0.05) is 61.5 Å². The average Bonchev–Trinajstić information content (AvgIpc) is 2.53. The fourth-order valence-electron chi connectivity index (χ4n) is 2.38. The molecule has 2 N–H and O–H groups in total. The van der Waals surface area contributed by atoms with Crippen LogP contribution in [0, 0.1) is 0 Å². The van der Waals surface area contributed by atoms with E-state index in [1.807, 2.05) is 24.3 Å². The maximum absolute atomic E-state index is 9.34. The molecule has 2 unspecified atom stereocenters. The Morgan fingerprint density at radius 2 is 1.50 bits per heavy atom. The Hall–Kier alpha value is -1.64. The maximum atomic E-state index is 9.34. The Morgan fingerprint density at radius 1 is 0.900 bits per heavy atom. The van der Waals surface area contributed by atoms with Crippen LogP contribution in [-0.4, -0.2) is 11.1 Å². The third-order valence-corrected chi connectivity index (χ3v) is 3.98. The summed E-state index contributed by atoms with van der Waals surface area (Å²) in [5.74, 6) is 0.456. The monoisotopic (exact) mass is 269 g/mol. The molecule has 106 valence electrons. The molecule has 0 aliphatic heterocycles. The Kier molecular flexibility index (Phi) is 5.33. The van der Waals surface area contributed by atoms with E-state index in [1.165, 1.54) is 11.1 Å². The quantitative estimate of drug-likeness (QED) is 0.841. The zero-order valence-electron chi connectivity index (χ0n) is 12.2. The third kappa shape index (κ3) is 3.69. The zero-order valence-corrected chi connectivity index (χ0v) is 12.2. The maximum Gasteiger partial charge on any atom is 0.0685 e. The van der Waals surface area contributed by atoms with Crippen molar-refractivity contribution in [3.8, 4) is 0 Å². The second kappa shape index (κ2) is 7.22. The van der Waals surface area contributed by atoms with Gasteiger partial charge in [-0.25, -0.2) is 0 Å². The summed E-state index contributed by atoms with van der Waals surface area (Å²) < 4.78 is 0. The van der Waals surface area contributed by atoms with E-state index in [-0.39, 0.29) is 6.61 Å². The minimum Gasteiger partial charge on any atom is -0.392 e. The van der Waals surface area contributed by atoms with Crippen LogP contribution in [0.3, 0.4) is 0 Å². The lowest BCUT2D eigenvalue weighted by atomic mass is 9.94. The lowest BCUT2D eigenvalue weighted by Crippen LogP contribution is -2.30. The van der Waals surface area contributed by atoms with Crippen LogP contribution in [0.25, 0.3) is 0 Å². The molecule has 2 heteroatoms. The molecule has 0 heterocycles. The second-order valence-corrected chi connectivity index (χ2v) is 5.30. The standard InChI is InChI=1S/C18H23NO/c1-14(16-8-4-3-5-9-16)15(2)19-12-17-10-6-7-11-18(17)13-20/h3-11,14-15,19-20H,12-13H2,1-2H3. The van der Waals surface area contributed by atoms with Crippen molar-refractivity contribution < 1.29 is 5.11 Å². The van der Waals surface area contributed by atoms with Gasteiger partial charge < -0.3 is 10.4 Å². The van der Waals surface area contributed by atoms with Crippen LogP contribution < -0.4 is 5.32 Å². The van der Waals surface area contributed by atoms with Crippen LogP contribution >= 0.6 is 0 Å². The van der Waals surface area contributed by atoms with Gasteiger partial charge in [-0.3, -0.25) is 0 Å². The summed E-state index contributed by atoms with van der Waals surface area (Å²) in [6.07, 6.45) is 0. The molecule has 2 aromatic rings. The Bertz CT molecular complexity index is 524. The van der Waals surface area contributed by atoms with Gasteiger partial charge in [0.25, 0.3) is 0 Å². The highest BCUT2D eigenvalue weighted by Gasteiger charge is 2.13. The number of hydrogen-bond acceptors (Lipinski definition) is 2. The molecule has 0 saturated carbocycles. The molecular formula is C18H23NO. The fraction of sp³-hybridized carbons (Fsp3) is 0.333. The summed E-state index contributed by atoms with van der Waals surface area (Å²) in [4.78, 5) is 0. The normalized spacial score (nSPS) is 13.9. The molecule has 2 aromatic carbocycles. The molecule has 0 radical (unpaired) electrons. The average molecular weight is 269 g/mol. The van der Waals surface area contributed by atoms with Crippen molar-refractivity contribution in [2.45, 2.75) is 39.0 Å². The van der Waals surface area contributed by atoms with Gasteiger partial charge in [-0.15, -0.1) is 0 Å². The molecule has 0 aliphatic carbocycles. The van der Waals surface area contributed by atoms with Crippen LogP contribution in [-0.2, 0) is 13.2 Å². The largest absolute Gasteiger partial charge is 0.392 e. The van der Waals surface area contributed by atoms with E-state index in [9.17, 15) is 5.11 Å². The summed E-state index contributed by atoms with van der Waals surface area (Å²) in [6, 6.07) is 19.0. The van der Waals surface area contributed by atoms with Gasteiger partial charge >= 0.3 is 0 Å². The molecule has 0 fully saturated rings. The molecular weight excluding hydrogens is 246 g/mol. The number of nitrogens with one attached hydrogen (secondary N) is 1. The van der Waals surface area contributed by atoms with Gasteiger partial charge in [0.05, 0.1) is 6.61 Å². The Morgan fingerprint density at radius 3 is 2.15 bits per heavy atom. The van der Waals surface area contributed by atoms with Gasteiger partial charge in [0, 0.05) is 12.6 Å². The fourth-order valence-corrected chi connectivity index (χ4v) is 2.38. The summed E-state index contributed by atoms with van der Waals surface area (Å²) in [6.45, 7) is 5.33. The first-order valence-corrected chi connectivity index (χ1v) is 7.18. The summed E-state index contributed by atoms with van der Waals surface area (Å²) in [5.41, 5.74) is 3.52. The van der Waals surface area contributed by atoms with E-state index in [0.717, 1.165) is 12.1 Å². The molecule has 0 aromatic heterocycles. The van der Waals surface area contributed by atoms with E-state index in [2.05, 4.69) is 49.5 Å². The van der Waals surface area contributed by atoms with Crippen molar-refractivity contribution in [1.82, 2.24) is 5.32 Å². The molecule has 0 bridgehead atoms. The van der Waals surface area contributed by atoms with E-state index in [4.69, 9.17) is 0 Å². The van der Waals surface area contributed by atoms with Gasteiger partial charge in [-0.2, -0.15) is 0 Å². The lowest BCUT2D eigenvalue weighted by Gasteiger charge is -2.22. The number of rotatable bonds is 6. The van der Waals surface area contributed by atoms with E-state index < -0.39 is 0 Å². The number of aliphatic hydroxyl groups excluding tert-OH is 1. The highest BCUT2D eigenvalue weighted by molar-refractivity contribution is 5.26. The predicted octanol–water partition coefficient (Wildman–Crippen LogP) is 3.46. The minimum absolute atomic E-state index is 0.0977. The Labute approximate surface area is 121 Å². The molecule has 20 heavy (non-hydrogen) atoms. The molecule has 2 atom stereocenters. The molecule has 0 aliphatic rings. The molecule has 2 rings (SSSR count). The van der Waals surface area contributed by atoms with Crippen molar-refractivity contribution in [3.63, 3.8) is 0 Å². The number of hydrogen-bond donors (Lipinski definition) is 2. The lowest BCUT2D eigenvalue weighted by molar-refractivity contribution is 0.280. The van der Waals surface area contributed by atoms with E-state index >= 15 is 0 Å². The van der Waals surface area contributed by atoms with Crippen LogP contribution in [0.1, 0.15) is 36.5 Å². The van der Waals surface area contributed by atoms with Gasteiger partial charge in [0.2, 0.25) is 0 Å². The second-order valence-electron chi connectivity index (χ2n) is 5.30. The van der Waals surface area contributed by atoms with Crippen molar-refractivity contribution in [2.24, 2.45) is 0 Å². The third-order valence-electron chi connectivity index (χ3n) is 3.98. The predicted molar refractivity (Wildman–Crippen MR) is 83.5 cm³/mol. The zero-order chi connectivity index (χ0) is 14.4. The topological polar surface area (TPSA) is 32.3 Å². The number of benzene rings is 2. The van der Waals surface area contributed by atoms with Crippen LogP contribution in [0.4, 0.5) is 0 Å². The first kappa shape index (κ1) is 14.8. The molecule has 2 nitrogen and oxygen atoms in total. The summed E-state index contributed by atoms with van der Waals surface area (Å²) >= 11 is 0. The van der Waals surface area contributed by atoms with Crippen LogP contribution in [0.2, 0.25) is 0 Å². The van der Waals surface area contributed by atoms with Crippen molar-refractivity contribution in [2.75, 3.05) is 0 Å². The first-order chi connectivity index (χ1) is 9.72. The Balaban J connectivity index is 1.97. The summed E-state index contributed by atoms with van der Waals surface area (Å²) in [5, 5.41) is 12.9. The van der Waals surface area contributed by atoms with E-state index in [1.54, 1.807) is 0 Å². The summed E-state index contributed by atoms with van der Waals surface area (Å²) in [7, 11) is 0. The van der Waals surface area contributed by atoms with Crippen molar-refractivity contribution in [1.29, 1.82) is 0 Å². The SMILES string of the molecule is CC(NCc1ccccc1CO)C(C)c1ccccc1. The highest BCUT2D eigenvalue weighted by atomic mass is 16.3. The molecule has 0 amide bonds. The van der Waals surface area contributed by atoms with Gasteiger partial charge in [0.1, 0.15) is 0 Å². The molecule has 0 saturated heterocycles. The van der Waals surface area contributed by atoms with Crippen molar-refractivity contribution in [3.05, 3.63) is 71.3 Å². The minimum atomic E-state index is 0.0977. The highest BCUT2D eigenvalue weighted by Crippen LogP contribution is 2.19. The first-order valence-electron chi connectivity index (χ1n) is 7.18. The number of aliphatic hydroxyl groups is 1. The van der Waals surface area contributed by atoms with Crippen LogP contribution in [0.15, 0.2) is 54.6 Å². The van der Waals surface area contributed by atoms with Crippen molar-refractivity contribution >= 4 is 0 Å². The van der Waals surface area contributed by atoms with E-state index in [0.29, 0.717) is 12.0 Å². The van der Waals surface area contributed by atoms with Gasteiger partial charge in [-0.05, 0) is 29.5 Å². The van der Waals surface area contributed by atoms with Gasteiger partial charge in [0.15, 0.2) is 0 Å². The molecule has 0 spiro atoms. The smallest absolute Gasteiger partial charge is 0.0685 e.